The van der Waals surface area contributed by atoms with Crippen molar-refractivity contribution in [2.24, 2.45) is 0 Å². The third-order valence-electron chi connectivity index (χ3n) is 2.14. The van der Waals surface area contributed by atoms with Gasteiger partial charge in [-0.3, -0.25) is 20.2 Å². The minimum atomic E-state index is -2.83. The van der Waals surface area contributed by atoms with E-state index < -0.39 is 53.1 Å². The molecule has 0 aliphatic carbocycles. The quantitative estimate of drug-likeness (QED) is 0.254. The number of rotatable bonds is 8. The van der Waals surface area contributed by atoms with E-state index in [1.165, 1.54) is 0 Å². The fourth-order valence-electron chi connectivity index (χ4n) is 1.16. The molecule has 0 spiro atoms. The SMILES string of the molecule is O=C([O-])CCC(CCC(=O)[O-])([N+](=O)[O-])[N+](=O)[O-]. The van der Waals surface area contributed by atoms with Crippen LogP contribution in [0.5, 0.6) is 0 Å². The standard InChI is InChI=1S/C7H10N2O8/c10-5(11)1-3-7(8(14)15,9(16)17)4-2-6(12)13/h1-4H2,(H,10,11)(H,12,13)/p-2. The predicted octanol–water partition coefficient (Wildman–Crippen LogP) is -2.70. The fraction of sp³-hybridized carbons (Fsp3) is 0.714. The molecule has 0 saturated heterocycles. The molecule has 0 unspecified atom stereocenters. The largest absolute Gasteiger partial charge is 0.550 e. The van der Waals surface area contributed by atoms with Crippen molar-refractivity contribution in [1.29, 1.82) is 0 Å². The highest BCUT2D eigenvalue weighted by Gasteiger charge is 2.54. The number of carbonyl (C=O) groups excluding carboxylic acids is 2. The summed E-state index contributed by atoms with van der Waals surface area (Å²) in [7, 11) is 0. The molecule has 0 atom stereocenters. The van der Waals surface area contributed by atoms with Crippen LogP contribution in [0.2, 0.25) is 0 Å². The Labute approximate surface area is 94.1 Å². The maximum atomic E-state index is 10.6. The van der Waals surface area contributed by atoms with Crippen molar-refractivity contribution in [3.05, 3.63) is 20.2 Å². The second-order valence-electron chi connectivity index (χ2n) is 3.24. The van der Waals surface area contributed by atoms with Crippen molar-refractivity contribution in [3.63, 3.8) is 0 Å². The lowest BCUT2D eigenvalue weighted by molar-refractivity contribution is -0.798. The van der Waals surface area contributed by atoms with Crippen LogP contribution in [0.3, 0.4) is 0 Å². The third-order valence-corrected chi connectivity index (χ3v) is 2.14. The first-order valence-electron chi connectivity index (χ1n) is 4.41. The Hall–Kier alpha value is -2.26. The maximum absolute atomic E-state index is 10.6. The second-order valence-corrected chi connectivity index (χ2v) is 3.24. The summed E-state index contributed by atoms with van der Waals surface area (Å²) < 4.78 is 0. The van der Waals surface area contributed by atoms with Crippen LogP contribution < -0.4 is 10.2 Å². The molecule has 0 amide bonds. The fourth-order valence-corrected chi connectivity index (χ4v) is 1.16. The van der Waals surface area contributed by atoms with E-state index >= 15 is 0 Å². The Morgan fingerprint density at radius 3 is 1.35 bits per heavy atom. The number of nitro groups is 2. The third kappa shape index (κ3) is 4.01. The van der Waals surface area contributed by atoms with Gasteiger partial charge < -0.3 is 19.8 Å². The first kappa shape index (κ1) is 14.7. The minimum absolute atomic E-state index is 0.908. The number of carboxylic acids is 2. The van der Waals surface area contributed by atoms with E-state index in [0.29, 0.717) is 0 Å². The van der Waals surface area contributed by atoms with Crippen molar-refractivity contribution in [3.8, 4) is 0 Å². The van der Waals surface area contributed by atoms with Gasteiger partial charge in [-0.05, 0) is 0 Å². The van der Waals surface area contributed by atoms with E-state index in [4.69, 9.17) is 0 Å². The minimum Gasteiger partial charge on any atom is -0.550 e. The number of nitrogens with zero attached hydrogens (tertiary/aromatic N) is 2. The van der Waals surface area contributed by atoms with Crippen molar-refractivity contribution in [2.75, 3.05) is 0 Å². The smallest absolute Gasteiger partial charge is 0.459 e. The number of hydrogen-bond donors (Lipinski definition) is 0. The molecular weight excluding hydrogens is 240 g/mol. The van der Waals surface area contributed by atoms with Gasteiger partial charge in [-0.25, -0.2) is 0 Å². The lowest BCUT2D eigenvalue weighted by Crippen LogP contribution is -2.48. The molecule has 0 radical (unpaired) electrons. The molecule has 0 heterocycles. The van der Waals surface area contributed by atoms with Gasteiger partial charge in [-0.1, -0.05) is 0 Å². The topological polar surface area (TPSA) is 167 Å². The monoisotopic (exact) mass is 248 g/mol. The van der Waals surface area contributed by atoms with Gasteiger partial charge >= 0.3 is 5.66 Å². The van der Waals surface area contributed by atoms with Crippen LogP contribution in [0.1, 0.15) is 25.7 Å². The van der Waals surface area contributed by atoms with E-state index in [-0.39, 0.29) is 0 Å². The van der Waals surface area contributed by atoms with Gasteiger partial charge in [-0.2, -0.15) is 0 Å². The molecule has 0 aromatic heterocycles. The molecule has 0 aromatic carbocycles. The number of carboxylic acid groups (broad SMARTS) is 2. The Balaban J connectivity index is 4.99. The summed E-state index contributed by atoms with van der Waals surface area (Å²) in [6.45, 7) is 0. The molecular formula is C7H8N2O8-2. The average molecular weight is 248 g/mol. The first-order valence-corrected chi connectivity index (χ1v) is 4.41. The van der Waals surface area contributed by atoms with Crippen molar-refractivity contribution >= 4 is 11.9 Å². The summed E-state index contributed by atoms with van der Waals surface area (Å²) >= 11 is 0. The molecule has 0 N–H and O–H groups in total. The summed E-state index contributed by atoms with van der Waals surface area (Å²) in [6, 6.07) is 0. The van der Waals surface area contributed by atoms with Gasteiger partial charge in [0.05, 0.1) is 22.7 Å². The van der Waals surface area contributed by atoms with E-state index in [0.717, 1.165) is 0 Å². The Morgan fingerprint density at radius 2 is 1.18 bits per heavy atom. The highest BCUT2D eigenvalue weighted by molar-refractivity contribution is 5.65. The van der Waals surface area contributed by atoms with Crippen molar-refractivity contribution < 1.29 is 29.6 Å². The molecule has 10 nitrogen and oxygen atoms in total. The van der Waals surface area contributed by atoms with Gasteiger partial charge in [0.25, 0.3) is 0 Å². The van der Waals surface area contributed by atoms with Gasteiger partial charge in [-0.15, -0.1) is 0 Å². The van der Waals surface area contributed by atoms with Gasteiger partial charge in [0.1, 0.15) is 0 Å². The molecule has 0 aliphatic heterocycles. The lowest BCUT2D eigenvalue weighted by atomic mass is 9.99. The second kappa shape index (κ2) is 5.72. The summed E-state index contributed by atoms with van der Waals surface area (Å²) in [4.78, 5) is 39.0. The lowest BCUT2D eigenvalue weighted by Gasteiger charge is -2.17. The van der Waals surface area contributed by atoms with E-state index in [1.54, 1.807) is 0 Å². The molecule has 0 fully saturated rings. The average Bonchev–Trinajstić information content (AvgIpc) is 2.16. The van der Waals surface area contributed by atoms with E-state index in [9.17, 15) is 40.0 Å². The number of carbonyl (C=O) groups is 2. The van der Waals surface area contributed by atoms with Crippen LogP contribution in [0, 0.1) is 20.2 Å². The van der Waals surface area contributed by atoms with E-state index in [2.05, 4.69) is 0 Å². The summed E-state index contributed by atoms with van der Waals surface area (Å²) in [5.74, 6) is -3.38. The number of aliphatic carboxylic acids is 2. The Morgan fingerprint density at radius 1 is 0.882 bits per heavy atom. The molecule has 96 valence electrons. The maximum Gasteiger partial charge on any atom is 0.459 e. The predicted molar refractivity (Wildman–Crippen MR) is 45.2 cm³/mol. The molecule has 0 bridgehead atoms. The van der Waals surface area contributed by atoms with Crippen molar-refractivity contribution in [2.45, 2.75) is 31.3 Å². The highest BCUT2D eigenvalue weighted by atomic mass is 16.7. The molecule has 0 aromatic rings. The van der Waals surface area contributed by atoms with Crippen molar-refractivity contribution in [1.82, 2.24) is 0 Å². The summed E-state index contributed by atoms with van der Waals surface area (Å²) in [5.41, 5.74) is -2.83. The van der Waals surface area contributed by atoms with Crippen LogP contribution in [0.15, 0.2) is 0 Å². The molecule has 17 heavy (non-hydrogen) atoms. The van der Waals surface area contributed by atoms with E-state index in [1.807, 2.05) is 0 Å². The molecule has 10 heteroatoms. The van der Waals surface area contributed by atoms with Crippen LogP contribution in [-0.4, -0.2) is 27.4 Å². The van der Waals surface area contributed by atoms with Crippen LogP contribution >= 0.6 is 0 Å². The zero-order valence-corrected chi connectivity index (χ0v) is 8.49. The molecule has 0 rings (SSSR count). The normalized spacial score (nSPS) is 10.8. The Bertz CT molecular complexity index is 318. The van der Waals surface area contributed by atoms with Crippen LogP contribution in [-0.2, 0) is 9.59 Å². The van der Waals surface area contributed by atoms with Gasteiger partial charge in [0, 0.05) is 24.8 Å². The number of hydrogen-bond acceptors (Lipinski definition) is 8. The highest BCUT2D eigenvalue weighted by Crippen LogP contribution is 2.24. The Kier molecular flexibility index (Phi) is 4.96. The van der Waals surface area contributed by atoms with Crippen LogP contribution in [0.4, 0.5) is 0 Å². The van der Waals surface area contributed by atoms with Crippen LogP contribution in [0.25, 0.3) is 0 Å². The van der Waals surface area contributed by atoms with Gasteiger partial charge in [0.15, 0.2) is 0 Å². The summed E-state index contributed by atoms with van der Waals surface area (Å²) in [5, 5.41) is 41.5. The first-order chi connectivity index (χ1) is 7.72. The van der Waals surface area contributed by atoms with Gasteiger partial charge in [0.2, 0.25) is 0 Å². The zero-order valence-electron chi connectivity index (χ0n) is 8.49. The molecule has 0 saturated carbocycles. The zero-order chi connectivity index (χ0) is 13.6. The summed E-state index contributed by atoms with van der Waals surface area (Å²) in [6.07, 6.45) is -3.70. The molecule has 0 aliphatic rings.